The number of rotatable bonds is 13. The van der Waals surface area contributed by atoms with Gasteiger partial charge in [0.15, 0.2) is 0 Å². The maximum absolute atomic E-state index is 12.3. The van der Waals surface area contributed by atoms with Gasteiger partial charge in [0.2, 0.25) is 11.8 Å². The Morgan fingerprint density at radius 2 is 2.00 bits per heavy atom. The van der Waals surface area contributed by atoms with E-state index in [9.17, 15) is 14.4 Å². The minimum atomic E-state index is -1.02. The van der Waals surface area contributed by atoms with Crippen LogP contribution >= 0.6 is 0 Å². The highest BCUT2D eigenvalue weighted by Crippen LogP contribution is 2.23. The van der Waals surface area contributed by atoms with Crippen LogP contribution in [-0.4, -0.2) is 40.4 Å². The molecular formula is C19H32N2O4. The number of allylic oxidation sites excluding steroid dienone is 2. The molecule has 0 aromatic rings. The molecule has 1 rings (SSSR count). The second-order valence-corrected chi connectivity index (χ2v) is 6.78. The predicted molar refractivity (Wildman–Crippen MR) is 96.8 cm³/mol. The summed E-state index contributed by atoms with van der Waals surface area (Å²) in [6, 6.07) is -0.875. The average Bonchev–Trinajstić information content (AvgIpc) is 2.84. The van der Waals surface area contributed by atoms with Crippen molar-refractivity contribution >= 4 is 17.8 Å². The first-order chi connectivity index (χ1) is 12.0. The Bertz CT molecular complexity index is 476. The second kappa shape index (κ2) is 11.8. The van der Waals surface area contributed by atoms with E-state index in [0.717, 1.165) is 6.42 Å². The van der Waals surface area contributed by atoms with E-state index < -0.39 is 12.0 Å². The zero-order valence-corrected chi connectivity index (χ0v) is 15.3. The predicted octanol–water partition coefficient (Wildman–Crippen LogP) is 2.86. The summed E-state index contributed by atoms with van der Waals surface area (Å²) in [5.74, 6) is -1.47. The molecule has 1 aliphatic rings. The van der Waals surface area contributed by atoms with Gasteiger partial charge in [-0.25, -0.2) is 0 Å². The molecule has 25 heavy (non-hydrogen) atoms. The molecule has 0 saturated carbocycles. The van der Waals surface area contributed by atoms with Crippen LogP contribution in [0.3, 0.4) is 0 Å². The molecule has 0 radical (unpaired) electrons. The summed E-state index contributed by atoms with van der Waals surface area (Å²) in [7, 11) is 0. The molecule has 0 aromatic carbocycles. The van der Waals surface area contributed by atoms with Gasteiger partial charge in [0.1, 0.15) is 6.04 Å². The van der Waals surface area contributed by atoms with Crippen molar-refractivity contribution in [1.82, 2.24) is 4.90 Å². The minimum Gasteiger partial charge on any atom is -0.480 e. The Hall–Kier alpha value is -1.69. The summed E-state index contributed by atoms with van der Waals surface area (Å²) < 4.78 is 0. The number of carbonyl (C=O) groups excluding carboxylic acids is 2. The standard InChI is InChI=1S/C19H32N2O4/c1-2-3-4-5-6-7-8-11-15-14-17(22)21(18(15)23)13-10-9-12-16(20)19(24)25/h7-8,15-16H,2-6,9-14,20H2,1H3,(H,24,25)/b8-7+. The van der Waals surface area contributed by atoms with Crippen LogP contribution in [0.2, 0.25) is 0 Å². The van der Waals surface area contributed by atoms with E-state index in [4.69, 9.17) is 10.8 Å². The number of aliphatic carboxylic acids is 1. The molecule has 6 nitrogen and oxygen atoms in total. The van der Waals surface area contributed by atoms with Crippen molar-refractivity contribution in [3.63, 3.8) is 0 Å². The smallest absolute Gasteiger partial charge is 0.320 e. The fraction of sp³-hybridized carbons (Fsp3) is 0.737. The van der Waals surface area contributed by atoms with Gasteiger partial charge in [-0.1, -0.05) is 38.3 Å². The zero-order valence-electron chi connectivity index (χ0n) is 15.3. The number of carbonyl (C=O) groups is 3. The lowest BCUT2D eigenvalue weighted by Gasteiger charge is -2.15. The molecule has 142 valence electrons. The molecule has 2 unspecified atom stereocenters. The highest BCUT2D eigenvalue weighted by atomic mass is 16.4. The first kappa shape index (κ1) is 21.4. The number of carboxylic acid groups (broad SMARTS) is 1. The number of likely N-dealkylation sites (tertiary alicyclic amines) is 1. The first-order valence-electron chi connectivity index (χ1n) is 9.45. The Balaban J connectivity index is 2.26. The molecule has 1 aliphatic heterocycles. The number of amides is 2. The Kier molecular flexibility index (Phi) is 10.1. The molecule has 1 heterocycles. The number of hydrogen-bond acceptors (Lipinski definition) is 4. The van der Waals surface area contributed by atoms with Gasteiger partial charge < -0.3 is 10.8 Å². The van der Waals surface area contributed by atoms with Crippen LogP contribution < -0.4 is 5.73 Å². The van der Waals surface area contributed by atoms with E-state index in [0.29, 0.717) is 32.2 Å². The summed E-state index contributed by atoms with van der Waals surface area (Å²) in [6.45, 7) is 2.55. The molecule has 0 aromatic heterocycles. The number of nitrogens with zero attached hydrogens (tertiary/aromatic N) is 1. The minimum absolute atomic E-state index is 0.0943. The third kappa shape index (κ3) is 7.82. The Morgan fingerprint density at radius 3 is 2.68 bits per heavy atom. The van der Waals surface area contributed by atoms with Crippen molar-refractivity contribution in [2.45, 2.75) is 77.2 Å². The first-order valence-corrected chi connectivity index (χ1v) is 9.45. The third-order valence-electron chi connectivity index (χ3n) is 4.61. The van der Waals surface area contributed by atoms with E-state index >= 15 is 0 Å². The summed E-state index contributed by atoms with van der Waals surface area (Å²) in [6.07, 6.45) is 12.5. The number of imide groups is 1. The fourth-order valence-electron chi connectivity index (χ4n) is 3.00. The van der Waals surface area contributed by atoms with Gasteiger partial charge in [0.05, 0.1) is 5.92 Å². The lowest BCUT2D eigenvalue weighted by atomic mass is 10.0. The topological polar surface area (TPSA) is 101 Å². The molecule has 0 spiro atoms. The average molecular weight is 352 g/mol. The van der Waals surface area contributed by atoms with E-state index in [1.807, 2.05) is 6.08 Å². The van der Waals surface area contributed by atoms with Gasteiger partial charge in [0.25, 0.3) is 0 Å². The van der Waals surface area contributed by atoms with Crippen molar-refractivity contribution in [3.8, 4) is 0 Å². The molecule has 1 saturated heterocycles. The van der Waals surface area contributed by atoms with E-state index in [1.165, 1.54) is 30.6 Å². The number of unbranched alkanes of at least 4 members (excludes halogenated alkanes) is 5. The van der Waals surface area contributed by atoms with Crippen LogP contribution in [0.4, 0.5) is 0 Å². The van der Waals surface area contributed by atoms with E-state index in [2.05, 4.69) is 13.0 Å². The van der Waals surface area contributed by atoms with Crippen LogP contribution in [0.15, 0.2) is 12.2 Å². The molecule has 2 amide bonds. The monoisotopic (exact) mass is 352 g/mol. The molecule has 2 atom stereocenters. The number of nitrogens with two attached hydrogens (primary N) is 1. The van der Waals surface area contributed by atoms with Gasteiger partial charge in [-0.15, -0.1) is 0 Å². The van der Waals surface area contributed by atoms with Crippen molar-refractivity contribution in [2.24, 2.45) is 11.7 Å². The van der Waals surface area contributed by atoms with E-state index in [1.54, 1.807) is 0 Å². The highest BCUT2D eigenvalue weighted by molar-refractivity contribution is 6.03. The van der Waals surface area contributed by atoms with Crippen LogP contribution in [0, 0.1) is 5.92 Å². The van der Waals surface area contributed by atoms with Gasteiger partial charge in [-0.05, 0) is 38.5 Å². The number of hydrogen-bond donors (Lipinski definition) is 2. The van der Waals surface area contributed by atoms with Crippen LogP contribution in [0.1, 0.15) is 71.1 Å². The number of carboxylic acids is 1. The maximum atomic E-state index is 12.3. The zero-order chi connectivity index (χ0) is 18.7. The summed E-state index contributed by atoms with van der Waals surface area (Å²) in [5, 5.41) is 8.72. The fourth-order valence-corrected chi connectivity index (χ4v) is 3.00. The van der Waals surface area contributed by atoms with Crippen LogP contribution in [0.25, 0.3) is 0 Å². The van der Waals surface area contributed by atoms with E-state index in [-0.39, 0.29) is 24.2 Å². The largest absolute Gasteiger partial charge is 0.480 e. The lowest BCUT2D eigenvalue weighted by Crippen LogP contribution is -2.32. The Morgan fingerprint density at radius 1 is 1.24 bits per heavy atom. The van der Waals surface area contributed by atoms with Crippen molar-refractivity contribution in [3.05, 3.63) is 12.2 Å². The molecule has 1 fully saturated rings. The van der Waals surface area contributed by atoms with Crippen molar-refractivity contribution in [2.75, 3.05) is 6.54 Å². The molecular weight excluding hydrogens is 320 g/mol. The second-order valence-electron chi connectivity index (χ2n) is 6.78. The molecule has 6 heteroatoms. The summed E-state index contributed by atoms with van der Waals surface area (Å²) in [4.78, 5) is 36.3. The van der Waals surface area contributed by atoms with Crippen molar-refractivity contribution < 1.29 is 19.5 Å². The molecule has 0 bridgehead atoms. The normalized spacial score (nSPS) is 19.1. The SMILES string of the molecule is CCCCCC/C=C/CC1CC(=O)N(CCCCC(N)C(=O)O)C1=O. The van der Waals surface area contributed by atoms with Crippen LogP contribution in [0.5, 0.6) is 0 Å². The Labute approximate surface area is 150 Å². The van der Waals surface area contributed by atoms with Crippen LogP contribution in [-0.2, 0) is 14.4 Å². The highest BCUT2D eigenvalue weighted by Gasteiger charge is 2.37. The summed E-state index contributed by atoms with van der Waals surface area (Å²) in [5.41, 5.74) is 5.44. The van der Waals surface area contributed by atoms with Crippen molar-refractivity contribution in [1.29, 1.82) is 0 Å². The van der Waals surface area contributed by atoms with Gasteiger partial charge in [-0.3, -0.25) is 19.3 Å². The maximum Gasteiger partial charge on any atom is 0.320 e. The van der Waals surface area contributed by atoms with Gasteiger partial charge >= 0.3 is 5.97 Å². The summed E-state index contributed by atoms with van der Waals surface area (Å²) >= 11 is 0. The lowest BCUT2D eigenvalue weighted by molar-refractivity contribution is -0.140. The van der Waals surface area contributed by atoms with Gasteiger partial charge in [-0.2, -0.15) is 0 Å². The third-order valence-corrected chi connectivity index (χ3v) is 4.61. The molecule has 0 aliphatic carbocycles. The van der Waals surface area contributed by atoms with Gasteiger partial charge in [0, 0.05) is 13.0 Å². The quantitative estimate of drug-likeness (QED) is 0.301. The molecule has 3 N–H and O–H groups in total.